The summed E-state index contributed by atoms with van der Waals surface area (Å²) in [4.78, 5) is 17.0. The predicted octanol–water partition coefficient (Wildman–Crippen LogP) is 2.97. The average Bonchev–Trinajstić information content (AvgIpc) is 2.54. The number of rotatable bonds is 2. The van der Waals surface area contributed by atoms with E-state index in [1.165, 1.54) is 18.3 Å². The minimum Gasteiger partial charge on any atom is -0.478 e. The Balaban J connectivity index is 1.88. The first-order valence-corrected chi connectivity index (χ1v) is 7.91. The monoisotopic (exact) mass is 344 g/mol. The van der Waals surface area contributed by atoms with Crippen molar-refractivity contribution in [3.8, 4) is 0 Å². The van der Waals surface area contributed by atoms with Gasteiger partial charge in [0.1, 0.15) is 5.82 Å². The largest absolute Gasteiger partial charge is 0.478 e. The maximum Gasteiger partial charge on any atom is 0.392 e. The average molecular weight is 344 g/mol. The van der Waals surface area contributed by atoms with Crippen LogP contribution in [0, 0.1) is 11.3 Å². The second-order valence-electron chi connectivity index (χ2n) is 6.49. The number of hydrogen-bond acceptors (Lipinski definition) is 4. The number of aromatic nitrogens is 1. The second kappa shape index (κ2) is 6.23. The Bertz CT molecular complexity index is 615. The molecule has 0 saturated carbocycles. The van der Waals surface area contributed by atoms with Gasteiger partial charge >= 0.3 is 12.1 Å². The molecule has 0 radical (unpaired) electrons. The number of halogens is 3. The molecule has 2 fully saturated rings. The summed E-state index contributed by atoms with van der Waals surface area (Å²) in [5.74, 6) is -2.01. The summed E-state index contributed by atoms with van der Waals surface area (Å²) in [5.41, 5.74) is -0.811. The van der Waals surface area contributed by atoms with Crippen LogP contribution < -0.4 is 4.90 Å². The fourth-order valence-electron chi connectivity index (χ4n) is 3.88. The summed E-state index contributed by atoms with van der Waals surface area (Å²) < 4.78 is 45.8. The standard InChI is InChI=1S/C16H19F3N2O3/c17-16(18,19)12-2-6-21(10-15(12)3-7-24-8-4-15)13-9-11(14(22)23)1-5-20-13/h1,5,9,12H,2-4,6-8,10H2,(H,22,23). The van der Waals surface area contributed by atoms with Gasteiger partial charge in [-0.3, -0.25) is 0 Å². The van der Waals surface area contributed by atoms with Crippen molar-refractivity contribution >= 4 is 11.8 Å². The fraction of sp³-hybridized carbons (Fsp3) is 0.625. The van der Waals surface area contributed by atoms with Gasteiger partial charge in [0.05, 0.1) is 11.5 Å². The molecule has 8 heteroatoms. The van der Waals surface area contributed by atoms with E-state index in [4.69, 9.17) is 9.84 Å². The molecule has 5 nitrogen and oxygen atoms in total. The molecule has 0 bridgehead atoms. The Kier molecular flexibility index (Phi) is 4.42. The third-order valence-corrected chi connectivity index (χ3v) is 5.13. The van der Waals surface area contributed by atoms with E-state index >= 15 is 0 Å². The molecule has 2 aliphatic rings. The van der Waals surface area contributed by atoms with Crippen LogP contribution in [-0.4, -0.2) is 48.5 Å². The molecule has 1 spiro atoms. The zero-order valence-electron chi connectivity index (χ0n) is 13.1. The van der Waals surface area contributed by atoms with Crippen molar-refractivity contribution in [3.63, 3.8) is 0 Å². The first-order chi connectivity index (χ1) is 11.3. The summed E-state index contributed by atoms with van der Waals surface area (Å²) >= 11 is 0. The van der Waals surface area contributed by atoms with Crippen molar-refractivity contribution in [2.24, 2.45) is 11.3 Å². The van der Waals surface area contributed by atoms with Crippen LogP contribution >= 0.6 is 0 Å². The van der Waals surface area contributed by atoms with Crippen molar-refractivity contribution in [2.45, 2.75) is 25.4 Å². The van der Waals surface area contributed by atoms with Crippen LogP contribution in [0.4, 0.5) is 19.0 Å². The van der Waals surface area contributed by atoms with Crippen LogP contribution in [0.2, 0.25) is 0 Å². The Labute approximate surface area is 137 Å². The lowest BCUT2D eigenvalue weighted by Gasteiger charge is -2.51. The molecule has 1 aromatic rings. The van der Waals surface area contributed by atoms with E-state index in [1.807, 2.05) is 0 Å². The van der Waals surface area contributed by atoms with Gasteiger partial charge in [-0.25, -0.2) is 9.78 Å². The summed E-state index contributed by atoms with van der Waals surface area (Å²) in [5, 5.41) is 9.09. The SMILES string of the molecule is O=C(O)c1ccnc(N2CCC(C(F)(F)F)C3(CCOCC3)C2)c1. The van der Waals surface area contributed by atoms with E-state index in [2.05, 4.69) is 4.98 Å². The van der Waals surface area contributed by atoms with Gasteiger partial charge in [-0.15, -0.1) is 0 Å². The zero-order chi connectivity index (χ0) is 17.4. The number of ether oxygens (including phenoxy) is 1. The molecule has 24 heavy (non-hydrogen) atoms. The van der Waals surface area contributed by atoms with Gasteiger partial charge in [-0.2, -0.15) is 13.2 Å². The number of carboxylic acid groups (broad SMARTS) is 1. The van der Waals surface area contributed by atoms with Crippen molar-refractivity contribution in [2.75, 3.05) is 31.2 Å². The minimum atomic E-state index is -4.24. The number of nitrogens with zero attached hydrogens (tertiary/aromatic N) is 2. The number of pyridine rings is 1. The summed E-state index contributed by atoms with van der Waals surface area (Å²) in [6, 6.07) is 2.79. The van der Waals surface area contributed by atoms with Crippen LogP contribution in [0.15, 0.2) is 18.3 Å². The first-order valence-electron chi connectivity index (χ1n) is 7.91. The quantitative estimate of drug-likeness (QED) is 0.894. The van der Waals surface area contributed by atoms with E-state index in [1.54, 1.807) is 4.90 Å². The normalized spacial score (nSPS) is 24.1. The molecule has 132 valence electrons. The molecule has 1 N–H and O–H groups in total. The van der Waals surface area contributed by atoms with E-state index < -0.39 is 23.5 Å². The van der Waals surface area contributed by atoms with Crippen LogP contribution in [-0.2, 0) is 4.74 Å². The van der Waals surface area contributed by atoms with Crippen molar-refractivity contribution in [1.29, 1.82) is 0 Å². The lowest BCUT2D eigenvalue weighted by atomic mass is 9.65. The molecule has 0 amide bonds. The highest BCUT2D eigenvalue weighted by Gasteiger charge is 2.56. The molecule has 2 aliphatic heterocycles. The lowest BCUT2D eigenvalue weighted by molar-refractivity contribution is -0.223. The second-order valence-corrected chi connectivity index (χ2v) is 6.49. The van der Waals surface area contributed by atoms with E-state index in [0.717, 1.165) is 0 Å². The first kappa shape index (κ1) is 17.0. The molecule has 1 aromatic heterocycles. The molecule has 0 aromatic carbocycles. The minimum absolute atomic E-state index is 0.0114. The molecular formula is C16H19F3N2O3. The van der Waals surface area contributed by atoms with Crippen LogP contribution in [0.3, 0.4) is 0 Å². The van der Waals surface area contributed by atoms with Crippen LogP contribution in [0.1, 0.15) is 29.6 Å². The number of carboxylic acids is 1. The van der Waals surface area contributed by atoms with Crippen molar-refractivity contribution < 1.29 is 27.8 Å². The Morgan fingerprint density at radius 2 is 2.08 bits per heavy atom. The maximum atomic E-state index is 13.5. The Hall–Kier alpha value is -1.83. The van der Waals surface area contributed by atoms with Gasteiger partial charge in [-0.05, 0) is 31.4 Å². The summed E-state index contributed by atoms with van der Waals surface area (Å²) in [6.07, 6.45) is -2.16. The van der Waals surface area contributed by atoms with E-state index in [0.29, 0.717) is 31.9 Å². The summed E-state index contributed by atoms with van der Waals surface area (Å²) in [7, 11) is 0. The number of carbonyl (C=O) groups is 1. The predicted molar refractivity (Wildman–Crippen MR) is 80.1 cm³/mol. The van der Waals surface area contributed by atoms with Crippen molar-refractivity contribution in [3.05, 3.63) is 23.9 Å². The van der Waals surface area contributed by atoms with Gasteiger partial charge < -0.3 is 14.7 Å². The third kappa shape index (κ3) is 3.19. The highest BCUT2D eigenvalue weighted by molar-refractivity contribution is 5.88. The van der Waals surface area contributed by atoms with Gasteiger partial charge in [0, 0.05) is 37.9 Å². The van der Waals surface area contributed by atoms with Gasteiger partial charge in [0.25, 0.3) is 0 Å². The highest BCUT2D eigenvalue weighted by Crippen LogP contribution is 2.51. The number of hydrogen-bond donors (Lipinski definition) is 1. The Morgan fingerprint density at radius 1 is 1.38 bits per heavy atom. The van der Waals surface area contributed by atoms with Crippen molar-refractivity contribution in [1.82, 2.24) is 4.98 Å². The number of anilines is 1. The molecule has 3 heterocycles. The number of piperidine rings is 1. The van der Waals surface area contributed by atoms with Crippen LogP contribution in [0.5, 0.6) is 0 Å². The third-order valence-electron chi connectivity index (χ3n) is 5.13. The molecule has 3 rings (SSSR count). The van der Waals surface area contributed by atoms with E-state index in [-0.39, 0.29) is 25.1 Å². The van der Waals surface area contributed by atoms with E-state index in [9.17, 15) is 18.0 Å². The number of alkyl halides is 3. The fourth-order valence-corrected chi connectivity index (χ4v) is 3.88. The summed E-state index contributed by atoms with van der Waals surface area (Å²) in [6.45, 7) is 1.07. The molecule has 1 atom stereocenters. The maximum absolute atomic E-state index is 13.5. The topological polar surface area (TPSA) is 62.7 Å². The lowest BCUT2D eigenvalue weighted by Crippen LogP contribution is -2.55. The molecular weight excluding hydrogens is 325 g/mol. The smallest absolute Gasteiger partial charge is 0.392 e. The number of aromatic carboxylic acids is 1. The van der Waals surface area contributed by atoms with Gasteiger partial charge in [0.15, 0.2) is 0 Å². The molecule has 2 saturated heterocycles. The highest BCUT2D eigenvalue weighted by atomic mass is 19.4. The zero-order valence-corrected chi connectivity index (χ0v) is 13.1. The van der Waals surface area contributed by atoms with Crippen LogP contribution in [0.25, 0.3) is 0 Å². The molecule has 1 unspecified atom stereocenters. The molecule has 0 aliphatic carbocycles. The Morgan fingerprint density at radius 3 is 2.71 bits per heavy atom. The van der Waals surface area contributed by atoms with Gasteiger partial charge in [0.2, 0.25) is 0 Å². The van der Waals surface area contributed by atoms with Gasteiger partial charge in [-0.1, -0.05) is 0 Å².